The number of nitrogens with one attached hydrogen (secondary N) is 1. The Kier molecular flexibility index (Phi) is 6.44. The average Bonchev–Trinajstić information content (AvgIpc) is 2.10. The third-order valence-corrected chi connectivity index (χ3v) is 1.71. The van der Waals surface area contributed by atoms with Gasteiger partial charge in [-0.2, -0.15) is 0 Å². The first-order valence-corrected chi connectivity index (χ1v) is 4.89. The van der Waals surface area contributed by atoms with Gasteiger partial charge in [0.2, 0.25) is 5.91 Å². The lowest BCUT2D eigenvalue weighted by atomic mass is 10.0. The van der Waals surface area contributed by atoms with E-state index in [9.17, 15) is 9.59 Å². The molecule has 0 aromatic rings. The number of carbonyl (C=O) groups excluding carboxylic acids is 2. The molecule has 0 aliphatic rings. The molecule has 2 amide bonds. The predicted octanol–water partition coefficient (Wildman–Crippen LogP) is -0.429. The molecule has 0 saturated carbocycles. The van der Waals surface area contributed by atoms with Crippen LogP contribution >= 0.6 is 0 Å². The van der Waals surface area contributed by atoms with Gasteiger partial charge < -0.3 is 21.5 Å². The molecule has 0 spiro atoms. The molecule has 0 radical (unpaired) electrons. The Balaban J connectivity index is 3.60. The molecule has 0 unspecified atom stereocenters. The van der Waals surface area contributed by atoms with Crippen molar-refractivity contribution in [3.63, 3.8) is 0 Å². The van der Waals surface area contributed by atoms with Crippen LogP contribution in [0.25, 0.3) is 0 Å². The Morgan fingerprint density at radius 2 is 2.00 bits per heavy atom. The summed E-state index contributed by atoms with van der Waals surface area (Å²) < 4.78 is 4.44. The fourth-order valence-electron chi connectivity index (χ4n) is 1.07. The minimum Gasteiger partial charge on any atom is -0.448 e. The third-order valence-electron chi connectivity index (χ3n) is 1.71. The lowest BCUT2D eigenvalue weighted by Gasteiger charge is -2.13. The second kappa shape index (κ2) is 7.05. The van der Waals surface area contributed by atoms with Crippen molar-refractivity contribution in [2.45, 2.75) is 26.3 Å². The number of hydrogen-bond donors (Lipinski definition) is 3. The molecule has 1 atom stereocenters. The maximum absolute atomic E-state index is 11.3. The number of carbonyl (C=O) groups is 2. The maximum Gasteiger partial charge on any atom is 0.404 e. The minimum absolute atomic E-state index is 0.0650. The lowest BCUT2D eigenvalue weighted by molar-refractivity contribution is -0.122. The fraction of sp³-hybridized carbons (Fsp3) is 0.778. The van der Waals surface area contributed by atoms with E-state index in [0.717, 1.165) is 0 Å². The molecule has 0 aliphatic heterocycles. The maximum atomic E-state index is 11.3. The van der Waals surface area contributed by atoms with E-state index >= 15 is 0 Å². The quantitative estimate of drug-likeness (QED) is 0.525. The molecular formula is C9H19N3O3. The van der Waals surface area contributed by atoms with Crippen molar-refractivity contribution in [3.05, 3.63) is 0 Å². The highest BCUT2D eigenvalue weighted by molar-refractivity contribution is 5.81. The number of rotatable bonds is 6. The van der Waals surface area contributed by atoms with Gasteiger partial charge in [0, 0.05) is 0 Å². The zero-order valence-corrected chi connectivity index (χ0v) is 9.16. The molecule has 0 fully saturated rings. The Morgan fingerprint density at radius 1 is 1.40 bits per heavy atom. The van der Waals surface area contributed by atoms with E-state index in [4.69, 9.17) is 11.5 Å². The Hall–Kier alpha value is -1.30. The molecule has 6 nitrogen and oxygen atoms in total. The number of hydrogen-bond acceptors (Lipinski definition) is 4. The Bertz CT molecular complexity index is 219. The van der Waals surface area contributed by atoms with Crippen LogP contribution in [-0.2, 0) is 9.53 Å². The van der Waals surface area contributed by atoms with E-state index in [1.165, 1.54) is 0 Å². The van der Waals surface area contributed by atoms with Gasteiger partial charge in [-0.25, -0.2) is 4.79 Å². The summed E-state index contributed by atoms with van der Waals surface area (Å²) in [6.07, 6.45) is -0.224. The van der Waals surface area contributed by atoms with Crippen LogP contribution in [0.3, 0.4) is 0 Å². The summed E-state index contributed by atoms with van der Waals surface area (Å²) >= 11 is 0. The zero-order valence-electron chi connectivity index (χ0n) is 9.16. The molecule has 15 heavy (non-hydrogen) atoms. The molecule has 0 aromatic heterocycles. The van der Waals surface area contributed by atoms with E-state index in [2.05, 4.69) is 10.1 Å². The molecule has 6 heteroatoms. The molecular weight excluding hydrogens is 198 g/mol. The highest BCUT2D eigenvalue weighted by atomic mass is 16.5. The summed E-state index contributed by atoms with van der Waals surface area (Å²) in [6, 6.07) is -0.515. The molecule has 5 N–H and O–H groups in total. The molecule has 0 rings (SSSR count). The standard InChI is InChI=1S/C9H19N3O3/c1-6(2)5-7(10)8(13)12-3-4-15-9(11)14/h6-7H,3-5,10H2,1-2H3,(H2,11,14)(H,12,13)/t7-/m0/s1. The topological polar surface area (TPSA) is 107 Å². The fourth-order valence-corrected chi connectivity index (χ4v) is 1.07. The van der Waals surface area contributed by atoms with Crippen LogP contribution in [0.4, 0.5) is 4.79 Å². The van der Waals surface area contributed by atoms with E-state index in [1.54, 1.807) is 0 Å². The van der Waals surface area contributed by atoms with Gasteiger partial charge in [-0.15, -0.1) is 0 Å². The zero-order chi connectivity index (χ0) is 11.8. The molecule has 0 aliphatic carbocycles. The SMILES string of the molecule is CC(C)C[C@H](N)C(=O)NCCOC(N)=O. The summed E-state index contributed by atoms with van der Waals surface area (Å²) in [4.78, 5) is 21.5. The van der Waals surface area contributed by atoms with Gasteiger partial charge in [-0.1, -0.05) is 13.8 Å². The summed E-state index contributed by atoms with van der Waals surface area (Å²) in [5.74, 6) is 0.129. The number of nitrogens with two attached hydrogens (primary N) is 2. The van der Waals surface area contributed by atoms with E-state index in [-0.39, 0.29) is 19.1 Å². The van der Waals surface area contributed by atoms with Gasteiger partial charge in [0.15, 0.2) is 0 Å². The van der Waals surface area contributed by atoms with Crippen LogP contribution in [0.15, 0.2) is 0 Å². The van der Waals surface area contributed by atoms with E-state index in [0.29, 0.717) is 12.3 Å². The minimum atomic E-state index is -0.851. The van der Waals surface area contributed by atoms with Gasteiger partial charge in [-0.05, 0) is 12.3 Å². The van der Waals surface area contributed by atoms with Crippen LogP contribution in [0, 0.1) is 5.92 Å². The van der Waals surface area contributed by atoms with Crippen LogP contribution in [0.2, 0.25) is 0 Å². The van der Waals surface area contributed by atoms with Crippen molar-refractivity contribution in [3.8, 4) is 0 Å². The van der Waals surface area contributed by atoms with Crippen molar-refractivity contribution < 1.29 is 14.3 Å². The molecule has 88 valence electrons. The predicted molar refractivity (Wildman–Crippen MR) is 56.0 cm³/mol. The van der Waals surface area contributed by atoms with Crippen LogP contribution in [0.1, 0.15) is 20.3 Å². The second-order valence-corrected chi connectivity index (χ2v) is 3.69. The molecule has 0 heterocycles. The van der Waals surface area contributed by atoms with Gasteiger partial charge in [0.05, 0.1) is 12.6 Å². The van der Waals surface area contributed by atoms with E-state index in [1.807, 2.05) is 13.8 Å². The van der Waals surface area contributed by atoms with Crippen molar-refractivity contribution in [1.82, 2.24) is 5.32 Å². The van der Waals surface area contributed by atoms with E-state index < -0.39 is 12.1 Å². The number of primary amides is 1. The molecule has 0 saturated heterocycles. The molecule has 0 aromatic carbocycles. The summed E-state index contributed by atoms with van der Waals surface area (Å²) in [5, 5.41) is 2.55. The van der Waals surface area contributed by atoms with Crippen LogP contribution in [0.5, 0.6) is 0 Å². The van der Waals surface area contributed by atoms with Crippen molar-refractivity contribution in [1.29, 1.82) is 0 Å². The Morgan fingerprint density at radius 3 is 2.47 bits per heavy atom. The van der Waals surface area contributed by atoms with Gasteiger partial charge >= 0.3 is 6.09 Å². The van der Waals surface area contributed by atoms with Crippen molar-refractivity contribution in [2.24, 2.45) is 17.4 Å². The van der Waals surface area contributed by atoms with Crippen LogP contribution in [-0.4, -0.2) is 31.2 Å². The average molecular weight is 217 g/mol. The largest absolute Gasteiger partial charge is 0.448 e. The normalized spacial score (nSPS) is 12.3. The summed E-state index contributed by atoms with van der Waals surface area (Å²) in [5.41, 5.74) is 10.4. The van der Waals surface area contributed by atoms with Gasteiger partial charge in [0.1, 0.15) is 6.61 Å². The first kappa shape index (κ1) is 13.7. The third kappa shape index (κ3) is 7.75. The number of ether oxygens (including phenoxy) is 1. The number of amides is 2. The van der Waals surface area contributed by atoms with Crippen molar-refractivity contribution in [2.75, 3.05) is 13.2 Å². The van der Waals surface area contributed by atoms with Gasteiger partial charge in [-0.3, -0.25) is 4.79 Å². The van der Waals surface area contributed by atoms with Crippen LogP contribution < -0.4 is 16.8 Å². The van der Waals surface area contributed by atoms with Crippen molar-refractivity contribution >= 4 is 12.0 Å². The first-order chi connectivity index (χ1) is 6.93. The second-order valence-electron chi connectivity index (χ2n) is 3.69. The first-order valence-electron chi connectivity index (χ1n) is 4.89. The highest BCUT2D eigenvalue weighted by Crippen LogP contribution is 2.02. The molecule has 0 bridgehead atoms. The monoisotopic (exact) mass is 217 g/mol. The Labute approximate surface area is 89.3 Å². The lowest BCUT2D eigenvalue weighted by Crippen LogP contribution is -2.42. The summed E-state index contributed by atoms with van der Waals surface area (Å²) in [7, 11) is 0. The summed E-state index contributed by atoms with van der Waals surface area (Å²) in [6.45, 7) is 4.27. The smallest absolute Gasteiger partial charge is 0.404 e. The highest BCUT2D eigenvalue weighted by Gasteiger charge is 2.13. The van der Waals surface area contributed by atoms with Gasteiger partial charge in [0.25, 0.3) is 0 Å².